The molecule has 0 saturated heterocycles. The Morgan fingerprint density at radius 3 is 2.35 bits per heavy atom. The highest BCUT2D eigenvalue weighted by Gasteiger charge is 2.24. The Morgan fingerprint density at radius 1 is 0.919 bits per heavy atom. The van der Waals surface area contributed by atoms with E-state index in [1.807, 2.05) is 0 Å². The number of aromatic nitrogens is 1. The van der Waals surface area contributed by atoms with Crippen molar-refractivity contribution in [2.24, 2.45) is 0 Å². The lowest BCUT2D eigenvalue weighted by molar-refractivity contribution is 0.410. The minimum absolute atomic E-state index is 0.496. The van der Waals surface area contributed by atoms with Crippen molar-refractivity contribution in [1.82, 2.24) is 4.98 Å². The van der Waals surface area contributed by atoms with E-state index in [2.05, 4.69) is 111 Å². The summed E-state index contributed by atoms with van der Waals surface area (Å²) in [6.45, 7) is 7.75. The highest BCUT2D eigenvalue weighted by molar-refractivity contribution is 6.02. The minimum atomic E-state index is 0.496. The van der Waals surface area contributed by atoms with Gasteiger partial charge in [-0.05, 0) is 86.6 Å². The lowest BCUT2D eigenvalue weighted by atomic mass is 9.89. The summed E-state index contributed by atoms with van der Waals surface area (Å²) in [6.07, 6.45) is 11.2. The fourth-order valence-corrected chi connectivity index (χ4v) is 5.74. The number of para-hydroxylation sites is 2. The quantitative estimate of drug-likeness (QED) is 0.254. The lowest BCUT2D eigenvalue weighted by Crippen LogP contribution is -2.32. The monoisotopic (exact) mass is 486 g/mol. The lowest BCUT2D eigenvalue weighted by Gasteiger charge is -2.31. The number of benzene rings is 3. The van der Waals surface area contributed by atoms with Crippen LogP contribution in [0.4, 0.5) is 5.69 Å². The van der Waals surface area contributed by atoms with E-state index in [-0.39, 0.29) is 0 Å². The van der Waals surface area contributed by atoms with Crippen molar-refractivity contribution in [1.29, 1.82) is 0 Å². The van der Waals surface area contributed by atoms with Crippen molar-refractivity contribution in [2.75, 3.05) is 11.4 Å². The molecule has 3 heteroatoms. The van der Waals surface area contributed by atoms with Crippen LogP contribution in [0.2, 0.25) is 0 Å². The van der Waals surface area contributed by atoms with Crippen molar-refractivity contribution >= 4 is 39.6 Å². The third kappa shape index (κ3) is 4.33. The molecule has 4 aromatic rings. The van der Waals surface area contributed by atoms with Crippen molar-refractivity contribution in [3.63, 3.8) is 0 Å². The first-order chi connectivity index (χ1) is 18.2. The average molecular weight is 487 g/mol. The molecule has 0 amide bonds. The van der Waals surface area contributed by atoms with Crippen LogP contribution in [-0.2, 0) is 0 Å². The maximum Gasteiger partial charge on any atom is 0.136 e. The predicted octanol–water partition coefficient (Wildman–Crippen LogP) is 8.94. The molecule has 1 unspecified atom stereocenters. The van der Waals surface area contributed by atoms with E-state index in [4.69, 9.17) is 9.72 Å². The standard InChI is InChI=1S/C34H34N2O/c1-4-23(3)36(5-2)27-19-17-25-21-26-12-10-11-24(34(26)37-33(25)22-27)18-20-28-29-13-6-8-15-31(29)35-32-16-9-7-14-30(28)32/h6-9,13-23H,4-5,10-12H2,1-3H3/b20-18+. The van der Waals surface area contributed by atoms with Gasteiger partial charge in [-0.25, -0.2) is 4.98 Å². The normalized spacial score (nSPS) is 15.9. The number of pyridine rings is 1. The van der Waals surface area contributed by atoms with Crippen molar-refractivity contribution in [2.45, 2.75) is 52.5 Å². The van der Waals surface area contributed by atoms with Gasteiger partial charge in [-0.1, -0.05) is 55.5 Å². The summed E-state index contributed by atoms with van der Waals surface area (Å²) in [4.78, 5) is 7.34. The van der Waals surface area contributed by atoms with Gasteiger partial charge >= 0.3 is 0 Å². The predicted molar refractivity (Wildman–Crippen MR) is 157 cm³/mol. The zero-order valence-corrected chi connectivity index (χ0v) is 22.0. The molecular formula is C34H34N2O. The molecule has 3 aromatic carbocycles. The van der Waals surface area contributed by atoms with E-state index >= 15 is 0 Å². The molecule has 0 N–H and O–H groups in total. The Balaban J connectivity index is 1.41. The second-order valence-electron chi connectivity index (χ2n) is 10.1. The Labute approximate surface area is 219 Å². The van der Waals surface area contributed by atoms with Crippen LogP contribution in [0.3, 0.4) is 0 Å². The van der Waals surface area contributed by atoms with E-state index in [9.17, 15) is 0 Å². The number of rotatable bonds is 6. The first kappa shape index (κ1) is 23.5. The van der Waals surface area contributed by atoms with Crippen LogP contribution in [0.5, 0.6) is 5.75 Å². The molecule has 0 bridgehead atoms. The number of anilines is 1. The van der Waals surface area contributed by atoms with Crippen LogP contribution in [0.1, 0.15) is 57.6 Å². The molecule has 3 nitrogen and oxygen atoms in total. The summed E-state index contributed by atoms with van der Waals surface area (Å²) >= 11 is 0. The molecule has 0 radical (unpaired) electrons. The van der Waals surface area contributed by atoms with Crippen molar-refractivity contribution in [3.8, 4) is 5.75 Å². The molecule has 2 aliphatic rings. The Hall–Kier alpha value is -3.85. The highest BCUT2D eigenvalue weighted by atomic mass is 16.5. The van der Waals surface area contributed by atoms with Gasteiger partial charge in [-0.15, -0.1) is 0 Å². The molecule has 1 aliphatic heterocycles. The summed E-state index contributed by atoms with van der Waals surface area (Å²) in [6, 6.07) is 24.0. The largest absolute Gasteiger partial charge is 0.456 e. The Morgan fingerprint density at radius 2 is 1.65 bits per heavy atom. The van der Waals surface area contributed by atoms with Gasteiger partial charge in [-0.2, -0.15) is 0 Å². The second-order valence-corrected chi connectivity index (χ2v) is 10.1. The van der Waals surface area contributed by atoms with Crippen LogP contribution >= 0.6 is 0 Å². The average Bonchev–Trinajstić information content (AvgIpc) is 2.94. The summed E-state index contributed by atoms with van der Waals surface area (Å²) in [5.74, 6) is 2.01. The maximum atomic E-state index is 6.68. The smallest absolute Gasteiger partial charge is 0.136 e. The van der Waals surface area contributed by atoms with Gasteiger partial charge in [0.25, 0.3) is 0 Å². The zero-order chi connectivity index (χ0) is 25.4. The Bertz CT molecular complexity index is 1520. The molecule has 1 atom stereocenters. The number of hydrogen-bond donors (Lipinski definition) is 0. The molecule has 37 heavy (non-hydrogen) atoms. The van der Waals surface area contributed by atoms with E-state index in [0.29, 0.717) is 6.04 Å². The summed E-state index contributed by atoms with van der Waals surface area (Å²) in [5, 5.41) is 2.36. The number of ether oxygens (including phenoxy) is 1. The molecule has 0 spiro atoms. The third-order valence-corrected chi connectivity index (χ3v) is 7.89. The first-order valence-corrected chi connectivity index (χ1v) is 13.6. The molecule has 186 valence electrons. The van der Waals surface area contributed by atoms with Crippen molar-refractivity contribution in [3.05, 3.63) is 101 Å². The van der Waals surface area contributed by atoms with Crippen LogP contribution in [0, 0.1) is 0 Å². The SMILES string of the molecule is CCC(C)N(CC)c1ccc2c(c1)OC1=C(/C=C/c3c4ccccc4nc4ccccc34)CCCC1=C2. The number of allylic oxidation sites excluding steroid dienone is 3. The van der Waals surface area contributed by atoms with Crippen LogP contribution < -0.4 is 9.64 Å². The van der Waals surface area contributed by atoms with E-state index in [0.717, 1.165) is 54.8 Å². The summed E-state index contributed by atoms with van der Waals surface area (Å²) in [7, 11) is 0. The van der Waals surface area contributed by atoms with Gasteiger partial charge in [0, 0.05) is 40.7 Å². The van der Waals surface area contributed by atoms with Gasteiger partial charge in [0.1, 0.15) is 11.5 Å². The van der Waals surface area contributed by atoms with Gasteiger partial charge in [0.2, 0.25) is 0 Å². The fraction of sp³-hybridized carbons (Fsp3) is 0.265. The van der Waals surface area contributed by atoms with E-state index < -0.39 is 0 Å². The van der Waals surface area contributed by atoms with Gasteiger partial charge < -0.3 is 9.64 Å². The van der Waals surface area contributed by atoms with E-state index in [1.54, 1.807) is 0 Å². The van der Waals surface area contributed by atoms with Crippen LogP contribution in [-0.4, -0.2) is 17.6 Å². The van der Waals surface area contributed by atoms with E-state index in [1.165, 1.54) is 38.7 Å². The van der Waals surface area contributed by atoms with Crippen LogP contribution in [0.25, 0.3) is 34.0 Å². The first-order valence-electron chi connectivity index (χ1n) is 13.6. The van der Waals surface area contributed by atoms with Crippen LogP contribution in [0.15, 0.2) is 89.7 Å². The molecule has 2 heterocycles. The topological polar surface area (TPSA) is 25.4 Å². The second kappa shape index (κ2) is 9.89. The van der Waals surface area contributed by atoms with Gasteiger partial charge in [-0.3, -0.25) is 0 Å². The fourth-order valence-electron chi connectivity index (χ4n) is 5.74. The summed E-state index contributed by atoms with van der Waals surface area (Å²) < 4.78 is 6.68. The molecule has 0 saturated carbocycles. The molecule has 6 rings (SSSR count). The highest BCUT2D eigenvalue weighted by Crippen LogP contribution is 2.41. The molecule has 0 fully saturated rings. The summed E-state index contributed by atoms with van der Waals surface area (Å²) in [5.41, 5.74) is 8.27. The third-order valence-electron chi connectivity index (χ3n) is 7.89. The minimum Gasteiger partial charge on any atom is -0.456 e. The maximum absolute atomic E-state index is 6.68. The molecular weight excluding hydrogens is 452 g/mol. The number of nitrogens with zero attached hydrogens (tertiary/aromatic N) is 2. The molecule has 1 aromatic heterocycles. The number of fused-ring (bicyclic) bond motifs is 4. The molecule has 1 aliphatic carbocycles. The zero-order valence-electron chi connectivity index (χ0n) is 22.0. The van der Waals surface area contributed by atoms with Gasteiger partial charge in [0.05, 0.1) is 11.0 Å². The van der Waals surface area contributed by atoms with Crippen molar-refractivity contribution < 1.29 is 4.74 Å². The number of hydrogen-bond acceptors (Lipinski definition) is 3. The van der Waals surface area contributed by atoms with Gasteiger partial charge in [0.15, 0.2) is 0 Å². The Kier molecular flexibility index (Phi) is 6.30.